The van der Waals surface area contributed by atoms with E-state index in [1.807, 2.05) is 61.5 Å². The van der Waals surface area contributed by atoms with Gasteiger partial charge in [0, 0.05) is 31.6 Å². The number of fused-ring (bicyclic) bond motifs is 1. The third-order valence-electron chi connectivity index (χ3n) is 5.50. The van der Waals surface area contributed by atoms with Gasteiger partial charge in [-0.05, 0) is 62.0 Å². The van der Waals surface area contributed by atoms with Crippen LogP contribution in [0.25, 0.3) is 0 Å². The fraction of sp³-hybridized carbons (Fsp3) is 0.417. The summed E-state index contributed by atoms with van der Waals surface area (Å²) < 4.78 is 16.3. The second-order valence-corrected chi connectivity index (χ2v) is 7.90. The maximum atomic E-state index is 13.7. The molecular weight excluding hydrogens is 432 g/mol. The number of ether oxygens (including phenoxy) is 3. The average Bonchev–Trinajstić information content (AvgIpc) is 2.86. The van der Waals surface area contributed by atoms with Crippen LogP contribution < -0.4 is 14.4 Å². The van der Waals surface area contributed by atoms with Gasteiger partial charge in [-0.25, -0.2) is 0 Å². The number of amides is 1. The van der Waals surface area contributed by atoms with Gasteiger partial charge in [-0.2, -0.15) is 0 Å². The Hall–Kier alpha value is -2.77. The number of hydrogen-bond acceptors (Lipinski definition) is 6. The summed E-state index contributed by atoms with van der Waals surface area (Å²) in [4.78, 5) is 29.4. The van der Waals surface area contributed by atoms with Crippen molar-refractivity contribution in [1.29, 1.82) is 0 Å². The third-order valence-corrected chi connectivity index (χ3v) is 5.50. The first kappa shape index (κ1) is 25.5. The predicted molar refractivity (Wildman–Crippen MR) is 126 cm³/mol. The number of halogens is 1. The zero-order valence-corrected chi connectivity index (χ0v) is 20.0. The Balaban J connectivity index is 0.00000363. The van der Waals surface area contributed by atoms with Crippen LogP contribution in [0.15, 0.2) is 42.5 Å². The molecule has 3 rings (SSSR count). The SMILES string of the molecule is COc1ccc([C@@H]2Cc3cc(OC)ccc3N(CCN(C)C)C(=O)[C@@H]2OC(C)=O)cc1.Cl. The Kier molecular flexibility index (Phi) is 8.92. The lowest BCUT2D eigenvalue weighted by molar-refractivity contribution is -0.154. The van der Waals surface area contributed by atoms with Crippen LogP contribution in [0.1, 0.15) is 24.0 Å². The maximum Gasteiger partial charge on any atom is 0.303 e. The normalized spacial score (nSPS) is 17.8. The number of anilines is 1. The van der Waals surface area contributed by atoms with Gasteiger partial charge in [0.05, 0.1) is 14.2 Å². The first-order chi connectivity index (χ1) is 14.8. The van der Waals surface area contributed by atoms with E-state index >= 15 is 0 Å². The Morgan fingerprint density at radius 3 is 2.25 bits per heavy atom. The minimum absolute atomic E-state index is 0. The van der Waals surface area contributed by atoms with E-state index in [0.717, 1.165) is 28.3 Å². The highest BCUT2D eigenvalue weighted by atomic mass is 35.5. The lowest BCUT2D eigenvalue weighted by Gasteiger charge is -2.29. The Labute approximate surface area is 195 Å². The van der Waals surface area contributed by atoms with Crippen molar-refractivity contribution in [3.05, 3.63) is 53.6 Å². The summed E-state index contributed by atoms with van der Waals surface area (Å²) >= 11 is 0. The van der Waals surface area contributed by atoms with Gasteiger partial charge in [0.2, 0.25) is 0 Å². The molecule has 0 aliphatic carbocycles. The molecule has 1 aliphatic rings. The van der Waals surface area contributed by atoms with Crippen LogP contribution >= 0.6 is 12.4 Å². The molecule has 7 nitrogen and oxygen atoms in total. The first-order valence-electron chi connectivity index (χ1n) is 10.3. The topological polar surface area (TPSA) is 68.3 Å². The highest BCUT2D eigenvalue weighted by molar-refractivity contribution is 6.00. The third kappa shape index (κ3) is 5.72. The smallest absolute Gasteiger partial charge is 0.303 e. The molecule has 0 N–H and O–H groups in total. The van der Waals surface area contributed by atoms with Gasteiger partial charge in [-0.15, -0.1) is 12.4 Å². The summed E-state index contributed by atoms with van der Waals surface area (Å²) in [5, 5.41) is 0. The van der Waals surface area contributed by atoms with E-state index in [1.165, 1.54) is 6.92 Å². The Morgan fingerprint density at radius 1 is 1.06 bits per heavy atom. The number of likely N-dealkylation sites (N-methyl/N-ethyl adjacent to an activating group) is 1. The second-order valence-electron chi connectivity index (χ2n) is 7.90. The van der Waals surface area contributed by atoms with E-state index < -0.39 is 12.1 Å². The predicted octanol–water partition coefficient (Wildman–Crippen LogP) is 3.29. The minimum Gasteiger partial charge on any atom is -0.497 e. The molecule has 0 radical (unpaired) electrons. The van der Waals surface area contributed by atoms with Crippen LogP contribution in [-0.4, -0.2) is 64.3 Å². The van der Waals surface area contributed by atoms with Crippen molar-refractivity contribution in [1.82, 2.24) is 4.90 Å². The van der Waals surface area contributed by atoms with Gasteiger partial charge >= 0.3 is 5.97 Å². The summed E-state index contributed by atoms with van der Waals surface area (Å²) in [6, 6.07) is 13.3. The lowest BCUT2D eigenvalue weighted by atomic mass is 9.87. The molecule has 0 aromatic heterocycles. The fourth-order valence-electron chi connectivity index (χ4n) is 3.89. The van der Waals surface area contributed by atoms with E-state index in [1.54, 1.807) is 19.1 Å². The van der Waals surface area contributed by atoms with Gasteiger partial charge in [-0.3, -0.25) is 9.59 Å². The van der Waals surface area contributed by atoms with Crippen LogP contribution in [0, 0.1) is 0 Å². The standard InChI is InChI=1S/C24H30N2O5.ClH/c1-16(27)31-23-21(17-6-8-19(29-4)9-7-17)15-18-14-20(30-5)10-11-22(18)26(24(23)28)13-12-25(2)3;/h6-11,14,21,23H,12-13,15H2,1-5H3;1H/t21-,23+;/m0./s1. The zero-order chi connectivity index (χ0) is 22.5. The van der Waals surface area contributed by atoms with Crippen LogP contribution in [0.3, 0.4) is 0 Å². The minimum atomic E-state index is -0.925. The van der Waals surface area contributed by atoms with Gasteiger partial charge in [0.25, 0.3) is 5.91 Å². The van der Waals surface area contributed by atoms with Crippen molar-refractivity contribution in [3.63, 3.8) is 0 Å². The van der Waals surface area contributed by atoms with Crippen molar-refractivity contribution < 1.29 is 23.8 Å². The van der Waals surface area contributed by atoms with Crippen LogP contribution in [-0.2, 0) is 20.7 Å². The number of methoxy groups -OCH3 is 2. The van der Waals surface area contributed by atoms with Crippen LogP contribution in [0.2, 0.25) is 0 Å². The van der Waals surface area contributed by atoms with Crippen molar-refractivity contribution in [3.8, 4) is 11.5 Å². The molecule has 8 heteroatoms. The van der Waals surface area contributed by atoms with Gasteiger partial charge in [0.15, 0.2) is 6.10 Å². The summed E-state index contributed by atoms with van der Waals surface area (Å²) in [6.07, 6.45) is -0.396. The largest absolute Gasteiger partial charge is 0.497 e. The summed E-state index contributed by atoms with van der Waals surface area (Å²) in [6.45, 7) is 2.50. The molecule has 0 unspecified atom stereocenters. The maximum absolute atomic E-state index is 13.7. The number of rotatable bonds is 7. The fourth-order valence-corrected chi connectivity index (χ4v) is 3.89. The highest BCUT2D eigenvalue weighted by Gasteiger charge is 2.40. The van der Waals surface area contributed by atoms with Crippen molar-refractivity contribution in [2.24, 2.45) is 0 Å². The number of carbonyl (C=O) groups excluding carboxylic acids is 2. The van der Waals surface area contributed by atoms with Crippen LogP contribution in [0.4, 0.5) is 5.69 Å². The lowest BCUT2D eigenvalue weighted by Crippen LogP contribution is -2.45. The number of hydrogen-bond donors (Lipinski definition) is 0. The molecule has 2 aromatic rings. The summed E-state index contributed by atoms with van der Waals surface area (Å²) in [5.41, 5.74) is 2.70. The molecule has 0 bridgehead atoms. The van der Waals surface area contributed by atoms with Crippen molar-refractivity contribution in [2.75, 3.05) is 46.3 Å². The molecule has 1 amide bonds. The van der Waals surface area contributed by atoms with E-state index in [-0.39, 0.29) is 24.2 Å². The number of benzene rings is 2. The molecule has 174 valence electrons. The number of carbonyl (C=O) groups is 2. The molecule has 0 fully saturated rings. The second kappa shape index (κ2) is 11.2. The van der Waals surface area contributed by atoms with E-state index in [9.17, 15) is 9.59 Å². The summed E-state index contributed by atoms with van der Waals surface area (Å²) in [7, 11) is 7.15. The highest BCUT2D eigenvalue weighted by Crippen LogP contribution is 2.38. The van der Waals surface area contributed by atoms with Gasteiger partial charge < -0.3 is 24.0 Å². The molecule has 2 aromatic carbocycles. The van der Waals surface area contributed by atoms with Gasteiger partial charge in [-0.1, -0.05) is 12.1 Å². The van der Waals surface area contributed by atoms with Crippen molar-refractivity contribution in [2.45, 2.75) is 25.4 Å². The monoisotopic (exact) mass is 462 g/mol. The van der Waals surface area contributed by atoms with Gasteiger partial charge in [0.1, 0.15) is 11.5 Å². The van der Waals surface area contributed by atoms with E-state index in [2.05, 4.69) is 0 Å². The average molecular weight is 463 g/mol. The first-order valence-corrected chi connectivity index (χ1v) is 10.3. The van der Waals surface area contributed by atoms with E-state index in [0.29, 0.717) is 19.5 Å². The molecule has 0 spiro atoms. The Bertz CT molecular complexity index is 932. The number of esters is 1. The quantitative estimate of drug-likeness (QED) is 0.588. The molecule has 1 heterocycles. The Morgan fingerprint density at radius 2 is 1.69 bits per heavy atom. The van der Waals surface area contributed by atoms with Crippen molar-refractivity contribution >= 4 is 30.0 Å². The molecule has 2 atom stereocenters. The van der Waals surface area contributed by atoms with E-state index in [4.69, 9.17) is 14.2 Å². The number of nitrogens with zero attached hydrogens (tertiary/aromatic N) is 2. The molecule has 0 saturated heterocycles. The summed E-state index contributed by atoms with van der Waals surface area (Å²) in [5.74, 6) is 0.410. The molecular formula is C24H31ClN2O5. The molecule has 0 saturated carbocycles. The molecule has 1 aliphatic heterocycles. The molecule has 32 heavy (non-hydrogen) atoms. The van der Waals surface area contributed by atoms with Crippen LogP contribution in [0.5, 0.6) is 11.5 Å². The zero-order valence-electron chi connectivity index (χ0n) is 19.2.